The van der Waals surface area contributed by atoms with Gasteiger partial charge < -0.3 is 16.2 Å². The molecular formula is C14H20N2O3. The summed E-state index contributed by atoms with van der Waals surface area (Å²) in [4.78, 5) is 22.5. The second-order valence-corrected chi connectivity index (χ2v) is 4.66. The van der Waals surface area contributed by atoms with Gasteiger partial charge in [0.15, 0.2) is 0 Å². The number of amides is 1. The van der Waals surface area contributed by atoms with E-state index >= 15 is 0 Å². The van der Waals surface area contributed by atoms with Crippen molar-refractivity contribution in [2.75, 3.05) is 11.9 Å². The molecule has 0 aliphatic rings. The van der Waals surface area contributed by atoms with E-state index in [4.69, 9.17) is 10.8 Å². The summed E-state index contributed by atoms with van der Waals surface area (Å²) in [5.41, 5.74) is 6.12. The summed E-state index contributed by atoms with van der Waals surface area (Å²) in [6.45, 7) is 2.69. The SMILES string of the molecule is CC(CCN)CCC(=O)Nc1cccc(C(=O)O)c1. The number of nitrogens with one attached hydrogen (secondary N) is 1. The van der Waals surface area contributed by atoms with Crippen LogP contribution in [-0.2, 0) is 4.79 Å². The number of rotatable bonds is 7. The van der Waals surface area contributed by atoms with Crippen molar-refractivity contribution < 1.29 is 14.7 Å². The maximum atomic E-state index is 11.7. The van der Waals surface area contributed by atoms with Crippen LogP contribution in [0, 0.1) is 5.92 Å². The van der Waals surface area contributed by atoms with Gasteiger partial charge in [-0.2, -0.15) is 0 Å². The molecular weight excluding hydrogens is 244 g/mol. The number of benzene rings is 1. The third-order valence-electron chi connectivity index (χ3n) is 2.92. The first-order valence-corrected chi connectivity index (χ1v) is 6.36. The zero-order valence-corrected chi connectivity index (χ0v) is 11.1. The van der Waals surface area contributed by atoms with Crippen molar-refractivity contribution in [2.45, 2.75) is 26.2 Å². The Morgan fingerprint density at radius 2 is 2.11 bits per heavy atom. The second kappa shape index (κ2) is 7.53. The van der Waals surface area contributed by atoms with Gasteiger partial charge in [0.05, 0.1) is 5.56 Å². The molecule has 0 aromatic heterocycles. The first-order valence-electron chi connectivity index (χ1n) is 6.36. The van der Waals surface area contributed by atoms with Crippen LogP contribution in [0.3, 0.4) is 0 Å². The fourth-order valence-corrected chi connectivity index (χ4v) is 1.76. The third kappa shape index (κ3) is 5.52. The summed E-state index contributed by atoms with van der Waals surface area (Å²) in [5, 5.41) is 11.6. The van der Waals surface area contributed by atoms with Crippen LogP contribution in [0.5, 0.6) is 0 Å². The molecule has 5 nitrogen and oxygen atoms in total. The number of carboxylic acids is 1. The Kier molecular flexibility index (Phi) is 6.02. The molecule has 19 heavy (non-hydrogen) atoms. The summed E-state index contributed by atoms with van der Waals surface area (Å²) < 4.78 is 0. The Morgan fingerprint density at radius 1 is 1.37 bits per heavy atom. The number of hydrogen-bond donors (Lipinski definition) is 3. The van der Waals surface area contributed by atoms with Gasteiger partial charge in [-0.05, 0) is 43.5 Å². The van der Waals surface area contributed by atoms with Crippen LogP contribution < -0.4 is 11.1 Å². The van der Waals surface area contributed by atoms with Crippen LogP contribution in [0.15, 0.2) is 24.3 Å². The first kappa shape index (κ1) is 15.2. The van der Waals surface area contributed by atoms with Crippen LogP contribution in [0.25, 0.3) is 0 Å². The number of carboxylic acid groups (broad SMARTS) is 1. The van der Waals surface area contributed by atoms with Gasteiger partial charge in [0.2, 0.25) is 5.91 Å². The number of anilines is 1. The number of hydrogen-bond acceptors (Lipinski definition) is 3. The fraction of sp³-hybridized carbons (Fsp3) is 0.429. The van der Waals surface area contributed by atoms with Crippen molar-refractivity contribution in [3.05, 3.63) is 29.8 Å². The molecule has 4 N–H and O–H groups in total. The van der Waals surface area contributed by atoms with Gasteiger partial charge in [-0.1, -0.05) is 13.0 Å². The summed E-state index contributed by atoms with van der Waals surface area (Å²) in [7, 11) is 0. The lowest BCUT2D eigenvalue weighted by Gasteiger charge is -2.10. The van der Waals surface area contributed by atoms with Crippen molar-refractivity contribution in [3.63, 3.8) is 0 Å². The van der Waals surface area contributed by atoms with Gasteiger partial charge in [-0.25, -0.2) is 4.79 Å². The molecule has 1 amide bonds. The number of carbonyl (C=O) groups excluding carboxylic acids is 1. The first-order chi connectivity index (χ1) is 9.02. The Bertz CT molecular complexity index is 446. The molecule has 0 saturated carbocycles. The average molecular weight is 264 g/mol. The van der Waals surface area contributed by atoms with Crippen molar-refractivity contribution in [2.24, 2.45) is 11.7 Å². The van der Waals surface area contributed by atoms with Gasteiger partial charge in [0.25, 0.3) is 0 Å². The molecule has 1 atom stereocenters. The van der Waals surface area contributed by atoms with E-state index in [1.54, 1.807) is 12.1 Å². The third-order valence-corrected chi connectivity index (χ3v) is 2.92. The van der Waals surface area contributed by atoms with E-state index < -0.39 is 5.97 Å². The zero-order chi connectivity index (χ0) is 14.3. The maximum Gasteiger partial charge on any atom is 0.335 e. The summed E-state index contributed by atoms with van der Waals surface area (Å²) in [5.74, 6) is -0.694. The molecule has 5 heteroatoms. The molecule has 0 radical (unpaired) electrons. The van der Waals surface area contributed by atoms with E-state index in [1.807, 2.05) is 0 Å². The number of nitrogens with two attached hydrogens (primary N) is 1. The predicted octanol–water partition coefficient (Wildman–Crippen LogP) is 2.09. The van der Waals surface area contributed by atoms with Gasteiger partial charge in [-0.15, -0.1) is 0 Å². The normalized spacial score (nSPS) is 11.9. The average Bonchev–Trinajstić information content (AvgIpc) is 2.37. The van der Waals surface area contributed by atoms with Gasteiger partial charge in [0, 0.05) is 12.1 Å². The van der Waals surface area contributed by atoms with Crippen molar-refractivity contribution in [1.82, 2.24) is 0 Å². The maximum absolute atomic E-state index is 11.7. The van der Waals surface area contributed by atoms with Crippen molar-refractivity contribution in [1.29, 1.82) is 0 Å². The van der Waals surface area contributed by atoms with E-state index in [1.165, 1.54) is 12.1 Å². The van der Waals surface area contributed by atoms with E-state index in [9.17, 15) is 9.59 Å². The lowest BCUT2D eigenvalue weighted by atomic mass is 10.0. The van der Waals surface area contributed by atoms with E-state index in [0.29, 0.717) is 24.6 Å². The summed E-state index contributed by atoms with van der Waals surface area (Å²) >= 11 is 0. The molecule has 0 saturated heterocycles. The predicted molar refractivity (Wildman–Crippen MR) is 74.1 cm³/mol. The minimum absolute atomic E-state index is 0.105. The number of aromatic carboxylic acids is 1. The standard InChI is InChI=1S/C14H20N2O3/c1-10(7-8-15)5-6-13(17)16-12-4-2-3-11(9-12)14(18)19/h2-4,9-10H,5-8,15H2,1H3,(H,16,17)(H,18,19). The van der Waals surface area contributed by atoms with Gasteiger partial charge >= 0.3 is 5.97 Å². The Morgan fingerprint density at radius 3 is 2.74 bits per heavy atom. The van der Waals surface area contributed by atoms with E-state index in [0.717, 1.165) is 12.8 Å². The molecule has 1 aromatic rings. The molecule has 0 aliphatic heterocycles. The van der Waals surface area contributed by atoms with Gasteiger partial charge in [-0.3, -0.25) is 4.79 Å². The lowest BCUT2D eigenvalue weighted by molar-refractivity contribution is -0.116. The van der Waals surface area contributed by atoms with E-state index in [2.05, 4.69) is 12.2 Å². The minimum atomic E-state index is -1.01. The fourth-order valence-electron chi connectivity index (χ4n) is 1.76. The lowest BCUT2D eigenvalue weighted by Crippen LogP contribution is -2.14. The highest BCUT2D eigenvalue weighted by molar-refractivity contribution is 5.93. The quantitative estimate of drug-likeness (QED) is 0.703. The molecule has 104 valence electrons. The van der Waals surface area contributed by atoms with Crippen molar-refractivity contribution >= 4 is 17.6 Å². The molecule has 0 bridgehead atoms. The highest BCUT2D eigenvalue weighted by Gasteiger charge is 2.08. The summed E-state index contributed by atoms with van der Waals surface area (Å²) in [6.07, 6.45) is 2.10. The molecule has 0 aliphatic carbocycles. The molecule has 1 rings (SSSR count). The topological polar surface area (TPSA) is 92.4 Å². The van der Waals surface area contributed by atoms with Crippen LogP contribution in [0.4, 0.5) is 5.69 Å². The molecule has 1 aromatic carbocycles. The number of carbonyl (C=O) groups is 2. The summed E-state index contributed by atoms with van der Waals surface area (Å²) in [6, 6.07) is 6.22. The molecule has 0 fully saturated rings. The largest absolute Gasteiger partial charge is 0.478 e. The van der Waals surface area contributed by atoms with Crippen LogP contribution >= 0.6 is 0 Å². The monoisotopic (exact) mass is 264 g/mol. The Balaban J connectivity index is 2.48. The smallest absolute Gasteiger partial charge is 0.335 e. The Hall–Kier alpha value is -1.88. The van der Waals surface area contributed by atoms with E-state index in [-0.39, 0.29) is 11.5 Å². The highest BCUT2D eigenvalue weighted by atomic mass is 16.4. The zero-order valence-electron chi connectivity index (χ0n) is 11.1. The second-order valence-electron chi connectivity index (χ2n) is 4.66. The molecule has 0 spiro atoms. The van der Waals surface area contributed by atoms with Gasteiger partial charge in [0.1, 0.15) is 0 Å². The van der Waals surface area contributed by atoms with Crippen LogP contribution in [0.2, 0.25) is 0 Å². The van der Waals surface area contributed by atoms with Crippen LogP contribution in [-0.4, -0.2) is 23.5 Å². The molecule has 1 unspecified atom stereocenters. The molecule has 0 heterocycles. The van der Waals surface area contributed by atoms with Crippen molar-refractivity contribution in [3.8, 4) is 0 Å². The Labute approximate surface area is 112 Å². The highest BCUT2D eigenvalue weighted by Crippen LogP contribution is 2.13. The minimum Gasteiger partial charge on any atom is -0.478 e. The van der Waals surface area contributed by atoms with Crippen LogP contribution in [0.1, 0.15) is 36.5 Å².